The molecule has 0 aromatic rings. The average Bonchev–Trinajstić information content (AvgIpc) is 2.25. The van der Waals surface area contributed by atoms with E-state index in [1.165, 1.54) is 0 Å². The summed E-state index contributed by atoms with van der Waals surface area (Å²) in [6.45, 7) is 0. The van der Waals surface area contributed by atoms with Crippen molar-refractivity contribution in [2.24, 2.45) is 5.41 Å². The molecule has 0 aliphatic heterocycles. The summed E-state index contributed by atoms with van der Waals surface area (Å²) in [5.41, 5.74) is -3.46. The molecule has 1 rings (SSSR count). The van der Waals surface area contributed by atoms with Crippen LogP contribution in [0.25, 0.3) is 0 Å². The summed E-state index contributed by atoms with van der Waals surface area (Å²) in [5, 5.41) is 0. The molecule has 15 heavy (non-hydrogen) atoms. The lowest BCUT2D eigenvalue weighted by Gasteiger charge is -2.36. The van der Waals surface area contributed by atoms with Crippen molar-refractivity contribution in [2.45, 2.75) is 50.9 Å². The standard InChI is InChI=1S/C9H12F6/c10-8(11,12)7(9(13,14)15)5-3-1-2-4-6-7/h1-6H2. The Balaban J connectivity index is 3.05. The van der Waals surface area contributed by atoms with Crippen molar-refractivity contribution in [3.63, 3.8) is 0 Å². The number of rotatable bonds is 0. The third-order valence-electron chi connectivity index (χ3n) is 3.04. The van der Waals surface area contributed by atoms with Gasteiger partial charge >= 0.3 is 12.4 Å². The molecule has 0 spiro atoms. The maximum atomic E-state index is 12.6. The Bertz CT molecular complexity index is 190. The molecule has 0 saturated heterocycles. The second-order valence-electron chi connectivity index (χ2n) is 3.99. The second-order valence-corrected chi connectivity index (χ2v) is 3.99. The summed E-state index contributed by atoms with van der Waals surface area (Å²) < 4.78 is 75.3. The summed E-state index contributed by atoms with van der Waals surface area (Å²) in [6.07, 6.45) is -11.1. The molecule has 0 heterocycles. The van der Waals surface area contributed by atoms with Crippen LogP contribution in [0.15, 0.2) is 0 Å². The monoisotopic (exact) mass is 234 g/mol. The lowest BCUT2D eigenvalue weighted by molar-refractivity contribution is -0.345. The summed E-state index contributed by atoms with van der Waals surface area (Å²) in [5.74, 6) is 0. The second kappa shape index (κ2) is 3.87. The van der Waals surface area contributed by atoms with Crippen molar-refractivity contribution >= 4 is 0 Å². The normalized spacial score (nSPS) is 23.6. The van der Waals surface area contributed by atoms with Crippen LogP contribution in [-0.4, -0.2) is 12.4 Å². The van der Waals surface area contributed by atoms with Crippen LogP contribution in [0, 0.1) is 5.41 Å². The van der Waals surface area contributed by atoms with E-state index in [9.17, 15) is 26.3 Å². The highest BCUT2D eigenvalue weighted by molar-refractivity contribution is 4.94. The van der Waals surface area contributed by atoms with Crippen LogP contribution >= 0.6 is 0 Å². The molecule has 1 fully saturated rings. The van der Waals surface area contributed by atoms with E-state index in [1.54, 1.807) is 0 Å². The lowest BCUT2D eigenvalue weighted by atomic mass is 9.79. The van der Waals surface area contributed by atoms with E-state index in [2.05, 4.69) is 0 Å². The number of halogens is 6. The van der Waals surface area contributed by atoms with Gasteiger partial charge in [-0.2, -0.15) is 26.3 Å². The Morgan fingerprint density at radius 2 is 0.933 bits per heavy atom. The largest absolute Gasteiger partial charge is 0.403 e. The van der Waals surface area contributed by atoms with Gasteiger partial charge in [0.25, 0.3) is 0 Å². The minimum atomic E-state index is -5.18. The van der Waals surface area contributed by atoms with Crippen LogP contribution in [0.4, 0.5) is 26.3 Å². The molecule has 1 aliphatic rings. The molecule has 0 aromatic heterocycles. The predicted octanol–water partition coefficient (Wildman–Crippen LogP) is 4.45. The first-order valence-electron chi connectivity index (χ1n) is 4.84. The third kappa shape index (κ3) is 2.23. The van der Waals surface area contributed by atoms with E-state index in [4.69, 9.17) is 0 Å². The Morgan fingerprint density at radius 3 is 1.20 bits per heavy atom. The first-order valence-corrected chi connectivity index (χ1v) is 4.84. The molecular formula is C9H12F6. The van der Waals surface area contributed by atoms with Gasteiger partial charge in [-0.05, 0) is 12.8 Å². The first-order chi connectivity index (χ1) is 6.71. The van der Waals surface area contributed by atoms with Gasteiger partial charge in [0.05, 0.1) is 0 Å². The molecule has 90 valence electrons. The van der Waals surface area contributed by atoms with Crippen molar-refractivity contribution in [2.75, 3.05) is 0 Å². The molecule has 6 heteroatoms. The van der Waals surface area contributed by atoms with Gasteiger partial charge < -0.3 is 0 Å². The highest BCUT2D eigenvalue weighted by Gasteiger charge is 2.69. The molecule has 1 aliphatic carbocycles. The topological polar surface area (TPSA) is 0 Å². The maximum Gasteiger partial charge on any atom is 0.403 e. The Kier molecular flexibility index (Phi) is 3.26. The zero-order chi connectivity index (χ0) is 11.7. The molecule has 0 nitrogen and oxygen atoms in total. The van der Waals surface area contributed by atoms with Gasteiger partial charge in [-0.15, -0.1) is 0 Å². The zero-order valence-electron chi connectivity index (χ0n) is 8.01. The molecule has 0 aromatic carbocycles. The van der Waals surface area contributed by atoms with Crippen LogP contribution in [0.5, 0.6) is 0 Å². The van der Waals surface area contributed by atoms with Gasteiger partial charge in [0.1, 0.15) is 0 Å². The van der Waals surface area contributed by atoms with Gasteiger partial charge in [-0.3, -0.25) is 0 Å². The van der Waals surface area contributed by atoms with Gasteiger partial charge in [0.2, 0.25) is 0 Å². The van der Waals surface area contributed by atoms with E-state index < -0.39 is 30.6 Å². The smallest absolute Gasteiger partial charge is 0.170 e. The fourth-order valence-corrected chi connectivity index (χ4v) is 2.06. The van der Waals surface area contributed by atoms with E-state index in [0.717, 1.165) is 0 Å². The minimum Gasteiger partial charge on any atom is -0.170 e. The molecule has 1 saturated carbocycles. The molecule has 0 N–H and O–H groups in total. The molecule has 0 atom stereocenters. The van der Waals surface area contributed by atoms with E-state index in [1.807, 2.05) is 0 Å². The van der Waals surface area contributed by atoms with Crippen LogP contribution in [-0.2, 0) is 0 Å². The molecule has 0 unspecified atom stereocenters. The fraction of sp³-hybridized carbons (Fsp3) is 1.00. The van der Waals surface area contributed by atoms with Crippen molar-refractivity contribution in [1.29, 1.82) is 0 Å². The van der Waals surface area contributed by atoms with Gasteiger partial charge in [0, 0.05) is 0 Å². The SMILES string of the molecule is FC(F)(F)C1(C(F)(F)F)CCCCCC1. The lowest BCUT2D eigenvalue weighted by Crippen LogP contribution is -2.49. The summed E-state index contributed by atoms with van der Waals surface area (Å²) >= 11 is 0. The zero-order valence-corrected chi connectivity index (χ0v) is 8.01. The van der Waals surface area contributed by atoms with Crippen molar-refractivity contribution in [3.05, 3.63) is 0 Å². The Morgan fingerprint density at radius 1 is 0.600 bits per heavy atom. The minimum absolute atomic E-state index is 0.000972. The highest BCUT2D eigenvalue weighted by Crippen LogP contribution is 2.57. The average molecular weight is 234 g/mol. The van der Waals surface area contributed by atoms with E-state index in [0.29, 0.717) is 12.8 Å². The van der Waals surface area contributed by atoms with Crippen molar-refractivity contribution in [3.8, 4) is 0 Å². The summed E-state index contributed by atoms with van der Waals surface area (Å²) in [7, 11) is 0. The van der Waals surface area contributed by atoms with Crippen LogP contribution in [0.3, 0.4) is 0 Å². The predicted molar refractivity (Wildman–Crippen MR) is 42.2 cm³/mol. The first kappa shape index (κ1) is 12.6. The van der Waals surface area contributed by atoms with Crippen LogP contribution < -0.4 is 0 Å². The number of alkyl halides is 6. The van der Waals surface area contributed by atoms with Gasteiger partial charge in [0.15, 0.2) is 5.41 Å². The van der Waals surface area contributed by atoms with Crippen molar-refractivity contribution in [1.82, 2.24) is 0 Å². The fourth-order valence-electron chi connectivity index (χ4n) is 2.06. The highest BCUT2D eigenvalue weighted by atomic mass is 19.4. The van der Waals surface area contributed by atoms with Crippen molar-refractivity contribution < 1.29 is 26.3 Å². The molecular weight excluding hydrogens is 222 g/mol. The number of hydrogen-bond acceptors (Lipinski definition) is 0. The number of hydrogen-bond donors (Lipinski definition) is 0. The van der Waals surface area contributed by atoms with E-state index in [-0.39, 0.29) is 12.8 Å². The van der Waals surface area contributed by atoms with Crippen LogP contribution in [0.2, 0.25) is 0 Å². The molecule has 0 amide bonds. The van der Waals surface area contributed by atoms with Gasteiger partial charge in [-0.1, -0.05) is 25.7 Å². The maximum absolute atomic E-state index is 12.6. The van der Waals surface area contributed by atoms with Gasteiger partial charge in [-0.25, -0.2) is 0 Å². The molecule has 0 radical (unpaired) electrons. The van der Waals surface area contributed by atoms with E-state index >= 15 is 0 Å². The Hall–Kier alpha value is -0.420. The summed E-state index contributed by atoms with van der Waals surface area (Å²) in [4.78, 5) is 0. The van der Waals surface area contributed by atoms with Crippen LogP contribution in [0.1, 0.15) is 38.5 Å². The summed E-state index contributed by atoms with van der Waals surface area (Å²) in [6, 6.07) is 0. The third-order valence-corrected chi connectivity index (χ3v) is 3.04. The molecule has 0 bridgehead atoms. The quantitative estimate of drug-likeness (QED) is 0.429. The Labute approximate surface area is 83.6 Å².